The molecule has 1 aromatic rings. The first kappa shape index (κ1) is 14.8. The number of carbonyl (C=O) groups excluding carboxylic acids is 3. The van der Waals surface area contributed by atoms with E-state index in [0.29, 0.717) is 17.1 Å². The second-order valence-corrected chi connectivity index (χ2v) is 6.36. The minimum atomic E-state index is -1.24. The van der Waals surface area contributed by atoms with Gasteiger partial charge in [0.05, 0.1) is 0 Å². The highest BCUT2D eigenvalue weighted by molar-refractivity contribution is 6.09. The molecular formula is C16H17N3O5. The lowest BCUT2D eigenvalue weighted by Crippen LogP contribution is -2.43. The van der Waals surface area contributed by atoms with E-state index in [1.165, 1.54) is 0 Å². The van der Waals surface area contributed by atoms with Crippen LogP contribution in [0.1, 0.15) is 25.3 Å². The molecule has 2 heterocycles. The second-order valence-electron chi connectivity index (χ2n) is 6.36. The highest BCUT2D eigenvalue weighted by Gasteiger charge is 2.50. The van der Waals surface area contributed by atoms with Gasteiger partial charge in [0.1, 0.15) is 12.1 Å². The largest absolute Gasteiger partial charge is 0.454 e. The first-order chi connectivity index (χ1) is 11.5. The molecular weight excluding hydrogens is 314 g/mol. The molecule has 4 amide bonds. The minimum Gasteiger partial charge on any atom is -0.454 e. The van der Waals surface area contributed by atoms with Crippen LogP contribution in [0.5, 0.6) is 11.5 Å². The van der Waals surface area contributed by atoms with Gasteiger partial charge in [-0.25, -0.2) is 4.79 Å². The maximum atomic E-state index is 12.8. The SMILES string of the molecule is CC1(c2ccc3c(c2)OCO3)NC(=O)N(CC(=O)NC2CC2)C1=O. The molecule has 4 rings (SSSR count). The van der Waals surface area contributed by atoms with E-state index in [9.17, 15) is 14.4 Å². The molecule has 1 aromatic carbocycles. The molecule has 0 spiro atoms. The normalized spacial score (nSPS) is 25.0. The van der Waals surface area contributed by atoms with Gasteiger partial charge in [-0.1, -0.05) is 6.07 Å². The molecule has 1 saturated carbocycles. The van der Waals surface area contributed by atoms with Crippen LogP contribution in [0.25, 0.3) is 0 Å². The number of carbonyl (C=O) groups is 3. The summed E-state index contributed by atoms with van der Waals surface area (Å²) in [6.07, 6.45) is 1.89. The highest BCUT2D eigenvalue weighted by atomic mass is 16.7. The molecule has 24 heavy (non-hydrogen) atoms. The number of imide groups is 1. The number of benzene rings is 1. The van der Waals surface area contributed by atoms with Crippen molar-refractivity contribution >= 4 is 17.8 Å². The third-order valence-corrected chi connectivity index (χ3v) is 4.47. The Labute approximate surface area is 138 Å². The summed E-state index contributed by atoms with van der Waals surface area (Å²) in [7, 11) is 0. The van der Waals surface area contributed by atoms with Crippen LogP contribution in [-0.2, 0) is 15.1 Å². The van der Waals surface area contributed by atoms with E-state index in [-0.39, 0.29) is 25.3 Å². The Kier molecular flexibility index (Phi) is 3.16. The van der Waals surface area contributed by atoms with Gasteiger partial charge in [0, 0.05) is 6.04 Å². The fourth-order valence-corrected chi connectivity index (χ4v) is 2.89. The van der Waals surface area contributed by atoms with Crippen molar-refractivity contribution in [3.8, 4) is 11.5 Å². The number of rotatable bonds is 4. The molecule has 126 valence electrons. The van der Waals surface area contributed by atoms with Crippen LogP contribution in [0, 0.1) is 0 Å². The summed E-state index contributed by atoms with van der Waals surface area (Å²) in [5.74, 6) is 0.341. The molecule has 0 aromatic heterocycles. The number of nitrogens with zero attached hydrogens (tertiary/aromatic N) is 1. The van der Waals surface area contributed by atoms with Gasteiger partial charge in [-0.05, 0) is 37.5 Å². The summed E-state index contributed by atoms with van der Waals surface area (Å²) in [4.78, 5) is 37.8. The van der Waals surface area contributed by atoms with Gasteiger partial charge in [0.25, 0.3) is 5.91 Å². The number of nitrogens with one attached hydrogen (secondary N) is 2. The average molecular weight is 331 g/mol. The van der Waals surface area contributed by atoms with Gasteiger partial charge in [-0.2, -0.15) is 0 Å². The van der Waals surface area contributed by atoms with Crippen LogP contribution in [0.15, 0.2) is 18.2 Å². The maximum absolute atomic E-state index is 12.8. The molecule has 1 unspecified atom stereocenters. The number of ether oxygens (including phenoxy) is 2. The molecule has 2 fully saturated rings. The van der Waals surface area contributed by atoms with Crippen LogP contribution < -0.4 is 20.1 Å². The lowest BCUT2D eigenvalue weighted by molar-refractivity contribution is -0.134. The Morgan fingerprint density at radius 2 is 2.08 bits per heavy atom. The first-order valence-electron chi connectivity index (χ1n) is 7.81. The molecule has 0 radical (unpaired) electrons. The van der Waals surface area contributed by atoms with Crippen LogP contribution in [0.2, 0.25) is 0 Å². The van der Waals surface area contributed by atoms with Crippen LogP contribution in [0.3, 0.4) is 0 Å². The van der Waals surface area contributed by atoms with E-state index in [0.717, 1.165) is 17.7 Å². The first-order valence-corrected chi connectivity index (χ1v) is 7.81. The van der Waals surface area contributed by atoms with Gasteiger partial charge < -0.3 is 20.1 Å². The molecule has 3 aliphatic rings. The van der Waals surface area contributed by atoms with E-state index in [4.69, 9.17) is 9.47 Å². The summed E-state index contributed by atoms with van der Waals surface area (Å²) >= 11 is 0. The third-order valence-electron chi connectivity index (χ3n) is 4.47. The number of fused-ring (bicyclic) bond motifs is 1. The van der Waals surface area contributed by atoms with E-state index >= 15 is 0 Å². The zero-order valence-corrected chi connectivity index (χ0v) is 13.1. The van der Waals surface area contributed by atoms with Crippen molar-refractivity contribution in [3.05, 3.63) is 23.8 Å². The number of hydrogen-bond acceptors (Lipinski definition) is 5. The molecule has 8 heteroatoms. The molecule has 2 aliphatic heterocycles. The second kappa shape index (κ2) is 5.12. The molecule has 2 N–H and O–H groups in total. The van der Waals surface area contributed by atoms with Crippen molar-refractivity contribution in [2.24, 2.45) is 0 Å². The van der Waals surface area contributed by atoms with Crippen LogP contribution in [-0.4, -0.2) is 42.1 Å². The van der Waals surface area contributed by atoms with Crippen LogP contribution >= 0.6 is 0 Å². The monoisotopic (exact) mass is 331 g/mol. The number of amides is 4. The molecule has 8 nitrogen and oxygen atoms in total. The Morgan fingerprint density at radius 1 is 1.33 bits per heavy atom. The van der Waals surface area contributed by atoms with Crippen molar-refractivity contribution in [2.75, 3.05) is 13.3 Å². The van der Waals surface area contributed by atoms with Gasteiger partial charge >= 0.3 is 6.03 Å². The highest BCUT2D eigenvalue weighted by Crippen LogP contribution is 2.37. The summed E-state index contributed by atoms with van der Waals surface area (Å²) < 4.78 is 10.6. The lowest BCUT2D eigenvalue weighted by Gasteiger charge is -2.22. The number of hydrogen-bond donors (Lipinski definition) is 2. The standard InChI is InChI=1S/C16H17N3O5/c1-16(9-2-5-11-12(6-9)24-8-23-11)14(21)19(15(22)18-16)7-13(20)17-10-3-4-10/h2,5-6,10H,3-4,7-8H2,1H3,(H,17,20)(H,18,22). The average Bonchev–Trinajstić information content (AvgIpc) is 3.18. The summed E-state index contributed by atoms with van der Waals surface area (Å²) in [5, 5.41) is 5.45. The topological polar surface area (TPSA) is 97.0 Å². The summed E-state index contributed by atoms with van der Waals surface area (Å²) in [6, 6.07) is 4.68. The van der Waals surface area contributed by atoms with Gasteiger partial charge in [-0.15, -0.1) is 0 Å². The van der Waals surface area contributed by atoms with E-state index in [1.54, 1.807) is 25.1 Å². The fourth-order valence-electron chi connectivity index (χ4n) is 2.89. The molecule has 1 saturated heterocycles. The Morgan fingerprint density at radius 3 is 2.83 bits per heavy atom. The van der Waals surface area contributed by atoms with Crippen LogP contribution in [0.4, 0.5) is 4.79 Å². The predicted molar refractivity (Wildman–Crippen MR) is 81.3 cm³/mol. The zero-order chi connectivity index (χ0) is 16.9. The van der Waals surface area contributed by atoms with Crippen molar-refractivity contribution in [3.63, 3.8) is 0 Å². The molecule has 1 aliphatic carbocycles. The van der Waals surface area contributed by atoms with Crippen molar-refractivity contribution < 1.29 is 23.9 Å². The van der Waals surface area contributed by atoms with E-state index < -0.39 is 17.5 Å². The fraction of sp³-hybridized carbons (Fsp3) is 0.438. The van der Waals surface area contributed by atoms with Gasteiger partial charge in [-0.3, -0.25) is 14.5 Å². The predicted octanol–water partition coefficient (Wildman–Crippen LogP) is 0.461. The number of urea groups is 1. The maximum Gasteiger partial charge on any atom is 0.325 e. The third kappa shape index (κ3) is 2.34. The van der Waals surface area contributed by atoms with Crippen molar-refractivity contribution in [2.45, 2.75) is 31.3 Å². The Bertz CT molecular complexity index is 745. The quantitative estimate of drug-likeness (QED) is 0.781. The minimum absolute atomic E-state index is 0.128. The zero-order valence-electron chi connectivity index (χ0n) is 13.1. The van der Waals surface area contributed by atoms with Gasteiger partial charge in [0.15, 0.2) is 11.5 Å². The van der Waals surface area contributed by atoms with Crippen molar-refractivity contribution in [1.82, 2.24) is 15.5 Å². The Hall–Kier alpha value is -2.77. The molecule has 1 atom stereocenters. The van der Waals surface area contributed by atoms with E-state index in [1.807, 2.05) is 0 Å². The van der Waals surface area contributed by atoms with Gasteiger partial charge in [0.2, 0.25) is 12.7 Å². The van der Waals surface area contributed by atoms with Crippen molar-refractivity contribution in [1.29, 1.82) is 0 Å². The summed E-state index contributed by atoms with van der Waals surface area (Å²) in [5.41, 5.74) is -0.659. The summed E-state index contributed by atoms with van der Waals surface area (Å²) in [6.45, 7) is 1.47. The molecule has 0 bridgehead atoms. The smallest absolute Gasteiger partial charge is 0.325 e. The Balaban J connectivity index is 1.55. The lowest BCUT2D eigenvalue weighted by atomic mass is 9.91. The van der Waals surface area contributed by atoms with E-state index in [2.05, 4.69) is 10.6 Å².